The molecular formula is C17H22N2O2S2. The topological polar surface area (TPSA) is 41.6 Å². The molecule has 0 saturated carbocycles. The highest BCUT2D eigenvalue weighted by molar-refractivity contribution is 7.80. The molecule has 0 radical (unpaired) electrons. The van der Waals surface area contributed by atoms with Crippen molar-refractivity contribution in [2.45, 2.75) is 25.7 Å². The minimum absolute atomic E-state index is 0.298. The number of methoxy groups -OCH3 is 1. The lowest BCUT2D eigenvalue weighted by Crippen LogP contribution is -2.35. The zero-order chi connectivity index (χ0) is 16.8. The molecule has 1 heterocycles. The summed E-state index contributed by atoms with van der Waals surface area (Å²) in [7, 11) is 1.42. The number of carbonyl (C=O) groups is 1. The predicted molar refractivity (Wildman–Crippen MR) is 100 cm³/mol. The van der Waals surface area contributed by atoms with E-state index in [0.29, 0.717) is 23.8 Å². The maximum atomic E-state index is 12.2. The first-order valence-corrected chi connectivity index (χ1v) is 8.85. The molecule has 1 aromatic heterocycles. The van der Waals surface area contributed by atoms with E-state index in [4.69, 9.17) is 17.0 Å². The smallest absolute Gasteiger partial charge is 0.341 e. The maximum absolute atomic E-state index is 12.2. The van der Waals surface area contributed by atoms with Gasteiger partial charge in [0.1, 0.15) is 5.00 Å². The van der Waals surface area contributed by atoms with E-state index in [1.807, 2.05) is 4.90 Å². The standard InChI is InChI=1S/C17H22N2O2S2/c1-4-10-19(11-5-2)17(22)18-15-14(16(20)21-3)12-8-6-7-9-13(12)23-15/h4-5H,1-2,6-11H2,3H3,(H,18,22). The van der Waals surface area contributed by atoms with Crippen molar-refractivity contribution in [3.8, 4) is 0 Å². The molecule has 23 heavy (non-hydrogen) atoms. The number of thiophene rings is 1. The van der Waals surface area contributed by atoms with Gasteiger partial charge >= 0.3 is 5.97 Å². The Hall–Kier alpha value is -1.66. The number of carbonyl (C=O) groups excluding carboxylic acids is 1. The first-order valence-electron chi connectivity index (χ1n) is 7.63. The number of hydrogen-bond donors (Lipinski definition) is 1. The summed E-state index contributed by atoms with van der Waals surface area (Å²) in [6, 6.07) is 0. The molecule has 0 fully saturated rings. The fourth-order valence-corrected chi connectivity index (χ4v) is 4.29. The lowest BCUT2D eigenvalue weighted by atomic mass is 9.95. The second kappa shape index (κ2) is 8.26. The molecule has 0 amide bonds. The van der Waals surface area contributed by atoms with Gasteiger partial charge in [-0.1, -0.05) is 12.2 Å². The summed E-state index contributed by atoms with van der Waals surface area (Å²) >= 11 is 7.10. The lowest BCUT2D eigenvalue weighted by molar-refractivity contribution is 0.0601. The summed E-state index contributed by atoms with van der Waals surface area (Å²) in [5.41, 5.74) is 1.77. The summed E-state index contributed by atoms with van der Waals surface area (Å²) < 4.78 is 4.98. The number of ether oxygens (including phenoxy) is 1. The van der Waals surface area contributed by atoms with Crippen LogP contribution in [0.4, 0.5) is 5.00 Å². The van der Waals surface area contributed by atoms with Crippen molar-refractivity contribution in [1.82, 2.24) is 4.90 Å². The minimum atomic E-state index is -0.298. The molecule has 0 aromatic carbocycles. The number of anilines is 1. The molecule has 1 aliphatic rings. The molecule has 0 aliphatic heterocycles. The van der Waals surface area contributed by atoms with Gasteiger partial charge in [-0.15, -0.1) is 24.5 Å². The highest BCUT2D eigenvalue weighted by Gasteiger charge is 2.26. The van der Waals surface area contributed by atoms with E-state index in [1.165, 1.54) is 12.0 Å². The predicted octanol–water partition coefficient (Wildman–Crippen LogP) is 3.78. The van der Waals surface area contributed by atoms with Gasteiger partial charge in [-0.2, -0.15) is 0 Å². The van der Waals surface area contributed by atoms with Gasteiger partial charge in [0.05, 0.1) is 12.7 Å². The van der Waals surface area contributed by atoms with Crippen LogP contribution in [0.25, 0.3) is 0 Å². The summed E-state index contributed by atoms with van der Waals surface area (Å²) in [6.45, 7) is 8.74. The maximum Gasteiger partial charge on any atom is 0.341 e. The summed E-state index contributed by atoms with van der Waals surface area (Å²) in [4.78, 5) is 15.4. The molecule has 2 rings (SSSR count). The van der Waals surface area contributed by atoms with E-state index in [0.717, 1.165) is 36.2 Å². The Labute approximate surface area is 146 Å². The van der Waals surface area contributed by atoms with E-state index in [1.54, 1.807) is 23.5 Å². The number of aryl methyl sites for hydroxylation is 1. The van der Waals surface area contributed by atoms with E-state index in [9.17, 15) is 4.79 Å². The Morgan fingerprint density at radius 3 is 2.61 bits per heavy atom. The van der Waals surface area contributed by atoms with Crippen molar-refractivity contribution in [1.29, 1.82) is 0 Å². The Bertz CT molecular complexity index is 612. The number of hydrogen-bond acceptors (Lipinski definition) is 4. The van der Waals surface area contributed by atoms with E-state index in [2.05, 4.69) is 18.5 Å². The van der Waals surface area contributed by atoms with Crippen molar-refractivity contribution in [2.24, 2.45) is 0 Å². The van der Waals surface area contributed by atoms with Crippen molar-refractivity contribution in [3.05, 3.63) is 41.3 Å². The Morgan fingerprint density at radius 1 is 1.35 bits per heavy atom. The van der Waals surface area contributed by atoms with Gasteiger partial charge in [-0.25, -0.2) is 4.79 Å². The monoisotopic (exact) mass is 350 g/mol. The Morgan fingerprint density at radius 2 is 2.00 bits per heavy atom. The van der Waals surface area contributed by atoms with Crippen molar-refractivity contribution >= 4 is 39.6 Å². The highest BCUT2D eigenvalue weighted by atomic mass is 32.1. The van der Waals surface area contributed by atoms with Gasteiger partial charge in [0.25, 0.3) is 0 Å². The number of fused-ring (bicyclic) bond motifs is 1. The van der Waals surface area contributed by atoms with Gasteiger partial charge in [-0.05, 0) is 43.5 Å². The quantitative estimate of drug-likeness (QED) is 0.480. The molecule has 0 spiro atoms. The number of thiocarbonyl (C=S) groups is 1. The lowest BCUT2D eigenvalue weighted by Gasteiger charge is -2.22. The van der Waals surface area contributed by atoms with Crippen LogP contribution in [0.5, 0.6) is 0 Å². The summed E-state index contributed by atoms with van der Waals surface area (Å²) in [6.07, 6.45) is 7.79. The van der Waals surface area contributed by atoms with E-state index in [-0.39, 0.29) is 5.97 Å². The van der Waals surface area contributed by atoms with Gasteiger partial charge in [0, 0.05) is 18.0 Å². The molecule has 4 nitrogen and oxygen atoms in total. The first-order chi connectivity index (χ1) is 11.1. The Kier molecular flexibility index (Phi) is 6.36. The molecule has 0 bridgehead atoms. The average molecular weight is 351 g/mol. The van der Waals surface area contributed by atoms with Gasteiger partial charge in [-0.3, -0.25) is 0 Å². The van der Waals surface area contributed by atoms with Gasteiger partial charge in [0.15, 0.2) is 5.11 Å². The van der Waals surface area contributed by atoms with Crippen LogP contribution in [-0.2, 0) is 17.6 Å². The molecule has 1 aromatic rings. The van der Waals surface area contributed by atoms with Crippen molar-refractivity contribution < 1.29 is 9.53 Å². The molecule has 0 atom stereocenters. The summed E-state index contributed by atoms with van der Waals surface area (Å²) in [5.74, 6) is -0.298. The molecule has 1 aliphatic carbocycles. The third-order valence-corrected chi connectivity index (χ3v) is 5.33. The van der Waals surface area contributed by atoms with Gasteiger partial charge in [0.2, 0.25) is 0 Å². The van der Waals surface area contributed by atoms with Crippen LogP contribution in [-0.4, -0.2) is 36.2 Å². The van der Waals surface area contributed by atoms with E-state index >= 15 is 0 Å². The van der Waals surface area contributed by atoms with Crippen LogP contribution < -0.4 is 5.32 Å². The molecule has 6 heteroatoms. The van der Waals surface area contributed by atoms with Crippen LogP contribution in [0, 0.1) is 0 Å². The second-order valence-electron chi connectivity index (χ2n) is 5.32. The third kappa shape index (κ3) is 4.00. The second-order valence-corrected chi connectivity index (χ2v) is 6.81. The SMILES string of the molecule is C=CCN(CC=C)C(=S)Nc1sc2c(c1C(=O)OC)CCCC2. The van der Waals surface area contributed by atoms with Crippen LogP contribution in [0.1, 0.15) is 33.6 Å². The summed E-state index contributed by atoms with van der Waals surface area (Å²) in [5, 5.41) is 4.58. The molecule has 0 saturated heterocycles. The fourth-order valence-electron chi connectivity index (χ4n) is 2.70. The average Bonchev–Trinajstić information content (AvgIpc) is 2.91. The normalized spacial score (nSPS) is 12.9. The number of nitrogens with zero attached hydrogens (tertiary/aromatic N) is 1. The molecule has 124 valence electrons. The largest absolute Gasteiger partial charge is 0.465 e. The minimum Gasteiger partial charge on any atom is -0.465 e. The van der Waals surface area contributed by atoms with Crippen LogP contribution in [0.3, 0.4) is 0 Å². The van der Waals surface area contributed by atoms with Crippen LogP contribution in [0.2, 0.25) is 0 Å². The van der Waals surface area contributed by atoms with Gasteiger partial charge < -0.3 is 15.0 Å². The molecule has 1 N–H and O–H groups in total. The third-order valence-electron chi connectivity index (χ3n) is 3.77. The zero-order valence-corrected chi connectivity index (χ0v) is 15.0. The van der Waals surface area contributed by atoms with E-state index < -0.39 is 0 Å². The van der Waals surface area contributed by atoms with Crippen molar-refractivity contribution in [3.63, 3.8) is 0 Å². The first kappa shape index (κ1) is 17.7. The van der Waals surface area contributed by atoms with Crippen molar-refractivity contribution in [2.75, 3.05) is 25.5 Å². The van der Waals surface area contributed by atoms with Crippen LogP contribution in [0.15, 0.2) is 25.3 Å². The van der Waals surface area contributed by atoms with Crippen LogP contribution >= 0.6 is 23.6 Å². The highest BCUT2D eigenvalue weighted by Crippen LogP contribution is 2.38. The number of esters is 1. The number of nitrogens with one attached hydrogen (secondary N) is 1. The molecular weight excluding hydrogens is 328 g/mol. The fraction of sp³-hybridized carbons (Fsp3) is 0.412. The zero-order valence-electron chi connectivity index (χ0n) is 13.4. The number of rotatable bonds is 6. The molecule has 0 unspecified atom stereocenters. The Balaban J connectivity index is 2.29.